The molecular formula is C28H39F2O6P. The number of hydrogen-bond donors (Lipinski definition) is 0. The lowest BCUT2D eigenvalue weighted by Crippen LogP contribution is -2.24. The molecule has 3 aromatic rings. The minimum Gasteiger partial charge on any atom is -0.491 e. The van der Waals surface area contributed by atoms with Crippen molar-refractivity contribution in [2.45, 2.75) is 85.4 Å². The van der Waals surface area contributed by atoms with Gasteiger partial charge in [-0.1, -0.05) is 12.8 Å². The molecular weight excluding hydrogens is 501 g/mol. The molecule has 0 aliphatic heterocycles. The molecule has 0 amide bonds. The smallest absolute Gasteiger partial charge is 0.331 e. The van der Waals surface area contributed by atoms with Gasteiger partial charge in [-0.05, 0) is 85.6 Å². The first-order chi connectivity index (χ1) is 17.2. The molecule has 0 saturated carbocycles. The zero-order chi connectivity index (χ0) is 27.4. The SMILES string of the molecule is CCOc1ccc2c(oc3c(F)c(OCCCCCCP(=O)(OC(C)(C)C)OC(C)(C)C)ccc32)c1F. The maximum absolute atomic E-state index is 15.1. The van der Waals surface area contributed by atoms with Gasteiger partial charge < -0.3 is 22.9 Å². The molecule has 1 heterocycles. The van der Waals surface area contributed by atoms with E-state index in [1.54, 1.807) is 19.1 Å². The molecule has 0 spiro atoms. The van der Waals surface area contributed by atoms with Crippen LogP contribution < -0.4 is 9.47 Å². The Morgan fingerprint density at radius 2 is 1.24 bits per heavy atom. The molecule has 0 aliphatic carbocycles. The second kappa shape index (κ2) is 11.7. The fourth-order valence-electron chi connectivity index (χ4n) is 4.07. The molecule has 1 aromatic heterocycles. The predicted octanol–water partition coefficient (Wildman–Crippen LogP) is 9.03. The number of fused-ring (bicyclic) bond motifs is 3. The number of furan rings is 1. The molecule has 0 unspecified atom stereocenters. The average molecular weight is 541 g/mol. The largest absolute Gasteiger partial charge is 0.491 e. The highest BCUT2D eigenvalue weighted by Crippen LogP contribution is 2.55. The summed E-state index contributed by atoms with van der Waals surface area (Å²) < 4.78 is 71.1. The summed E-state index contributed by atoms with van der Waals surface area (Å²) in [5.41, 5.74) is -1.23. The summed E-state index contributed by atoms with van der Waals surface area (Å²) in [5.74, 6) is -1.19. The third kappa shape index (κ3) is 7.92. The van der Waals surface area contributed by atoms with Crippen LogP contribution in [0.15, 0.2) is 28.7 Å². The molecule has 0 radical (unpaired) electrons. The minimum absolute atomic E-state index is 0.0415. The number of ether oxygens (including phenoxy) is 2. The maximum atomic E-state index is 15.1. The Labute approximate surface area is 218 Å². The summed E-state index contributed by atoms with van der Waals surface area (Å²) >= 11 is 0. The first-order valence-electron chi connectivity index (χ1n) is 12.8. The van der Waals surface area contributed by atoms with Crippen LogP contribution >= 0.6 is 7.60 Å². The highest BCUT2D eigenvalue weighted by molar-refractivity contribution is 7.53. The van der Waals surface area contributed by atoms with Crippen molar-refractivity contribution in [2.75, 3.05) is 19.4 Å². The van der Waals surface area contributed by atoms with Crippen LogP contribution in [0, 0.1) is 11.6 Å². The van der Waals surface area contributed by atoms with Gasteiger partial charge in [0.25, 0.3) is 0 Å². The van der Waals surface area contributed by atoms with Gasteiger partial charge in [-0.2, -0.15) is 8.78 Å². The minimum atomic E-state index is -3.25. The van der Waals surface area contributed by atoms with Crippen LogP contribution in [0.2, 0.25) is 0 Å². The summed E-state index contributed by atoms with van der Waals surface area (Å²) in [7, 11) is -3.25. The van der Waals surface area contributed by atoms with E-state index in [9.17, 15) is 8.96 Å². The fourth-order valence-corrected chi connectivity index (χ4v) is 6.57. The topological polar surface area (TPSA) is 67.1 Å². The van der Waals surface area contributed by atoms with E-state index in [0.29, 0.717) is 43.0 Å². The second-order valence-electron chi connectivity index (χ2n) is 11.0. The lowest BCUT2D eigenvalue weighted by molar-refractivity contribution is 0.0491. The van der Waals surface area contributed by atoms with Gasteiger partial charge >= 0.3 is 7.60 Å². The standard InChI is InChI=1S/C28H39F2O6P/c1-8-32-21-15-13-19-20-14-16-22(24(30)26(20)34-25(19)23(21)29)33-17-11-9-10-12-18-37(31,35-27(2,3)4)36-28(5,6)7/h13-16H,8-12,17-18H2,1-7H3. The van der Waals surface area contributed by atoms with E-state index < -0.39 is 30.4 Å². The molecule has 2 aromatic carbocycles. The van der Waals surface area contributed by atoms with E-state index in [2.05, 4.69) is 0 Å². The summed E-state index contributed by atoms with van der Waals surface area (Å²) in [5, 5.41) is 0.950. The maximum Gasteiger partial charge on any atom is 0.331 e. The molecule has 0 fully saturated rings. The fraction of sp³-hybridized carbons (Fsp3) is 0.571. The van der Waals surface area contributed by atoms with Gasteiger partial charge in [0.15, 0.2) is 22.7 Å². The van der Waals surface area contributed by atoms with Gasteiger partial charge in [0.2, 0.25) is 11.6 Å². The lowest BCUT2D eigenvalue weighted by Gasteiger charge is -2.32. The van der Waals surface area contributed by atoms with Crippen molar-refractivity contribution < 1.29 is 36.3 Å². The highest BCUT2D eigenvalue weighted by atomic mass is 31.2. The molecule has 0 saturated heterocycles. The lowest BCUT2D eigenvalue weighted by atomic mass is 10.1. The van der Waals surface area contributed by atoms with Gasteiger partial charge in [0, 0.05) is 10.8 Å². The molecule has 3 rings (SSSR count). The Bertz CT molecular complexity index is 1240. The van der Waals surface area contributed by atoms with Gasteiger partial charge in [0.05, 0.1) is 30.6 Å². The monoisotopic (exact) mass is 540 g/mol. The summed E-state index contributed by atoms with van der Waals surface area (Å²) in [4.78, 5) is 0. The van der Waals surface area contributed by atoms with E-state index in [1.807, 2.05) is 41.5 Å². The summed E-state index contributed by atoms with van der Waals surface area (Å²) in [6.07, 6.45) is 3.32. The summed E-state index contributed by atoms with van der Waals surface area (Å²) in [6.45, 7) is 13.5. The van der Waals surface area contributed by atoms with Crippen LogP contribution in [-0.2, 0) is 13.6 Å². The third-order valence-corrected chi connectivity index (χ3v) is 7.84. The van der Waals surface area contributed by atoms with E-state index in [-0.39, 0.29) is 22.7 Å². The molecule has 37 heavy (non-hydrogen) atoms. The quantitative estimate of drug-likeness (QED) is 0.169. The Kier molecular flexibility index (Phi) is 9.31. The van der Waals surface area contributed by atoms with Crippen molar-refractivity contribution in [3.63, 3.8) is 0 Å². The van der Waals surface area contributed by atoms with Crippen LogP contribution in [0.4, 0.5) is 8.78 Å². The van der Waals surface area contributed by atoms with Crippen LogP contribution in [-0.4, -0.2) is 30.6 Å². The molecule has 9 heteroatoms. The van der Waals surface area contributed by atoms with Crippen molar-refractivity contribution in [1.82, 2.24) is 0 Å². The molecule has 0 atom stereocenters. The van der Waals surface area contributed by atoms with Crippen LogP contribution in [0.1, 0.15) is 74.1 Å². The number of hydrogen-bond acceptors (Lipinski definition) is 6. The average Bonchev–Trinajstić information content (AvgIpc) is 3.14. The number of halogens is 2. The van der Waals surface area contributed by atoms with E-state index >= 15 is 4.39 Å². The summed E-state index contributed by atoms with van der Waals surface area (Å²) in [6, 6.07) is 6.38. The zero-order valence-corrected chi connectivity index (χ0v) is 23.8. The van der Waals surface area contributed by atoms with Crippen molar-refractivity contribution in [3.8, 4) is 11.5 Å². The highest BCUT2D eigenvalue weighted by Gasteiger charge is 2.34. The molecule has 206 valence electrons. The third-order valence-electron chi connectivity index (χ3n) is 5.33. The first-order valence-corrected chi connectivity index (χ1v) is 14.6. The molecule has 0 bridgehead atoms. The molecule has 0 N–H and O–H groups in total. The Morgan fingerprint density at radius 1 is 0.757 bits per heavy atom. The molecule has 0 aliphatic rings. The normalized spacial score (nSPS) is 13.0. The Hall–Kier alpha value is -2.15. The van der Waals surface area contributed by atoms with Gasteiger partial charge in [-0.15, -0.1) is 0 Å². The van der Waals surface area contributed by atoms with E-state index in [4.69, 9.17) is 22.9 Å². The van der Waals surface area contributed by atoms with Crippen LogP contribution in [0.5, 0.6) is 11.5 Å². The number of benzene rings is 2. The van der Waals surface area contributed by atoms with Gasteiger partial charge in [-0.25, -0.2) is 0 Å². The van der Waals surface area contributed by atoms with Crippen molar-refractivity contribution in [2.24, 2.45) is 0 Å². The predicted molar refractivity (Wildman–Crippen MR) is 143 cm³/mol. The Balaban J connectivity index is 1.55. The van der Waals surface area contributed by atoms with Crippen LogP contribution in [0.25, 0.3) is 21.9 Å². The van der Waals surface area contributed by atoms with E-state index in [1.165, 1.54) is 12.1 Å². The van der Waals surface area contributed by atoms with Crippen molar-refractivity contribution >= 4 is 29.5 Å². The molecule has 6 nitrogen and oxygen atoms in total. The first kappa shape index (κ1) is 29.4. The van der Waals surface area contributed by atoms with Crippen molar-refractivity contribution in [3.05, 3.63) is 35.9 Å². The number of unbranched alkanes of at least 4 members (excludes halogenated alkanes) is 3. The van der Waals surface area contributed by atoms with Gasteiger partial charge in [0.1, 0.15) is 0 Å². The zero-order valence-electron chi connectivity index (χ0n) is 22.9. The Morgan fingerprint density at radius 3 is 1.73 bits per heavy atom. The van der Waals surface area contributed by atoms with Gasteiger partial charge in [-0.3, -0.25) is 4.57 Å². The van der Waals surface area contributed by atoms with E-state index in [0.717, 1.165) is 12.8 Å². The van der Waals surface area contributed by atoms with Crippen molar-refractivity contribution in [1.29, 1.82) is 0 Å². The second-order valence-corrected chi connectivity index (χ2v) is 13.1. The van der Waals surface area contributed by atoms with Crippen LogP contribution in [0.3, 0.4) is 0 Å². The number of rotatable bonds is 12.